The zero-order valence-electron chi connectivity index (χ0n) is 21.5. The number of ether oxygens (including phenoxy) is 1. The third-order valence-electron chi connectivity index (χ3n) is 7.81. The molecule has 7 nitrogen and oxygen atoms in total. The van der Waals surface area contributed by atoms with Crippen molar-refractivity contribution in [2.24, 2.45) is 11.8 Å². The summed E-state index contributed by atoms with van der Waals surface area (Å²) >= 11 is 0. The molecule has 3 fully saturated rings. The van der Waals surface area contributed by atoms with Gasteiger partial charge >= 0.3 is 18.4 Å². The molecular formula is C26H31F6N5O2. The number of rotatable bonds is 6. The van der Waals surface area contributed by atoms with Gasteiger partial charge in [0, 0.05) is 56.7 Å². The molecule has 0 aliphatic carbocycles. The van der Waals surface area contributed by atoms with E-state index in [4.69, 9.17) is 5.10 Å². The number of aromatic nitrogens is 2. The van der Waals surface area contributed by atoms with Crippen molar-refractivity contribution in [1.29, 1.82) is 0 Å². The average Bonchev–Trinajstić information content (AvgIpc) is 3.65. The summed E-state index contributed by atoms with van der Waals surface area (Å²) in [5, 5.41) is 4.82. The maximum Gasteiger partial charge on any atom is 0.434 e. The molecule has 3 aliphatic rings. The molecule has 2 aromatic rings. The molecule has 0 radical (unpaired) electrons. The second-order valence-corrected chi connectivity index (χ2v) is 10.6. The lowest BCUT2D eigenvalue weighted by Gasteiger charge is -2.26. The van der Waals surface area contributed by atoms with Gasteiger partial charge in [0.1, 0.15) is 0 Å². The van der Waals surface area contributed by atoms with Crippen molar-refractivity contribution >= 4 is 11.8 Å². The van der Waals surface area contributed by atoms with Crippen LogP contribution in [0.3, 0.4) is 0 Å². The number of amides is 1. The van der Waals surface area contributed by atoms with Gasteiger partial charge in [0.15, 0.2) is 0 Å². The fourth-order valence-corrected chi connectivity index (χ4v) is 5.90. The number of anilines is 1. The van der Waals surface area contributed by atoms with Crippen LogP contribution in [-0.2, 0) is 17.8 Å². The number of nitrogens with zero attached hydrogens (tertiary/aromatic N) is 5. The first-order chi connectivity index (χ1) is 18.4. The highest BCUT2D eigenvalue weighted by atomic mass is 19.4. The molecule has 5 rings (SSSR count). The van der Waals surface area contributed by atoms with Gasteiger partial charge in [0.2, 0.25) is 0 Å². The Morgan fingerprint density at radius 1 is 0.974 bits per heavy atom. The molecule has 13 heteroatoms. The van der Waals surface area contributed by atoms with Crippen LogP contribution in [-0.4, -0.2) is 83.4 Å². The monoisotopic (exact) mass is 559 g/mol. The fraction of sp³-hybridized carbons (Fsp3) is 0.615. The molecule has 1 aromatic heterocycles. The zero-order valence-corrected chi connectivity index (χ0v) is 21.5. The molecule has 3 saturated heterocycles. The molecule has 2 atom stereocenters. The van der Waals surface area contributed by atoms with Gasteiger partial charge in [0.25, 0.3) is 6.10 Å². The number of aryl methyl sites for hydroxylation is 1. The van der Waals surface area contributed by atoms with Gasteiger partial charge in [-0.15, -0.1) is 0 Å². The highest BCUT2D eigenvalue weighted by Crippen LogP contribution is 2.38. The molecule has 1 amide bonds. The van der Waals surface area contributed by atoms with E-state index in [1.54, 1.807) is 0 Å². The van der Waals surface area contributed by atoms with E-state index in [-0.39, 0.29) is 24.9 Å². The van der Waals surface area contributed by atoms with Gasteiger partial charge < -0.3 is 14.5 Å². The van der Waals surface area contributed by atoms with Crippen LogP contribution in [0.25, 0.3) is 11.3 Å². The van der Waals surface area contributed by atoms with E-state index < -0.39 is 24.5 Å². The maximum atomic E-state index is 12.8. The summed E-state index contributed by atoms with van der Waals surface area (Å²) in [6.45, 7) is 5.93. The molecule has 0 spiro atoms. The van der Waals surface area contributed by atoms with Crippen LogP contribution >= 0.6 is 0 Å². The Bertz CT molecular complexity index is 1130. The van der Waals surface area contributed by atoms with E-state index in [2.05, 4.69) is 45.7 Å². The van der Waals surface area contributed by atoms with Crippen LogP contribution in [0.5, 0.6) is 0 Å². The van der Waals surface area contributed by atoms with Crippen LogP contribution in [0.4, 0.5) is 36.8 Å². The lowest BCUT2D eigenvalue weighted by Crippen LogP contribution is -2.48. The quantitative estimate of drug-likeness (QED) is 0.458. The largest absolute Gasteiger partial charge is 0.434 e. The summed E-state index contributed by atoms with van der Waals surface area (Å²) in [6, 6.07) is 8.44. The second kappa shape index (κ2) is 10.5. The van der Waals surface area contributed by atoms with E-state index >= 15 is 0 Å². The number of fused-ring (bicyclic) bond motifs is 1. The van der Waals surface area contributed by atoms with Crippen LogP contribution in [0, 0.1) is 11.8 Å². The first kappa shape index (κ1) is 27.6. The standard InChI is InChI=1S/C26H31F6N5O2/c1-2-17-15-37(33-22(17)18-5-7-21(8-6-18)35-9-3-4-10-35)16-34-11-19-13-36(14-20(19)12-34)24(38)39-23(25(27,28)29)26(30,31)32/h5-8,15,19-20,23H,2-4,9-14,16H2,1H3. The number of halogens is 6. The second-order valence-electron chi connectivity index (χ2n) is 10.6. The Hall–Kier alpha value is -2.96. The minimum absolute atomic E-state index is 0.0520. The Morgan fingerprint density at radius 3 is 2.10 bits per heavy atom. The maximum absolute atomic E-state index is 12.8. The third-order valence-corrected chi connectivity index (χ3v) is 7.81. The SMILES string of the molecule is CCc1cn(CN2CC3CN(C(=O)OC(C(F)(F)F)C(F)(F)F)CC3C2)nc1-c1ccc(N2CCCC2)cc1. The van der Waals surface area contributed by atoms with E-state index in [9.17, 15) is 31.1 Å². The molecular weight excluding hydrogens is 528 g/mol. The number of alkyl halides is 6. The van der Waals surface area contributed by atoms with Gasteiger partial charge in [-0.25, -0.2) is 4.79 Å². The van der Waals surface area contributed by atoms with Crippen molar-refractivity contribution in [2.45, 2.75) is 51.3 Å². The molecule has 1 aromatic carbocycles. The number of carbonyl (C=O) groups excluding carboxylic acids is 1. The Labute approximate surface area is 222 Å². The third kappa shape index (κ3) is 5.97. The summed E-state index contributed by atoms with van der Waals surface area (Å²) in [7, 11) is 0. The summed E-state index contributed by atoms with van der Waals surface area (Å²) in [6.07, 6.45) is -11.9. The molecule has 0 N–H and O–H groups in total. The van der Waals surface area contributed by atoms with Gasteiger partial charge in [-0.1, -0.05) is 19.1 Å². The summed E-state index contributed by atoms with van der Waals surface area (Å²) in [5.41, 5.74) is 4.28. The van der Waals surface area contributed by atoms with Gasteiger partial charge in [-0.2, -0.15) is 31.4 Å². The lowest BCUT2D eigenvalue weighted by molar-refractivity contribution is -0.308. The van der Waals surface area contributed by atoms with Crippen molar-refractivity contribution in [3.63, 3.8) is 0 Å². The molecule has 39 heavy (non-hydrogen) atoms. The van der Waals surface area contributed by atoms with Crippen molar-refractivity contribution in [3.8, 4) is 11.3 Å². The van der Waals surface area contributed by atoms with E-state index in [0.29, 0.717) is 19.8 Å². The predicted molar refractivity (Wildman–Crippen MR) is 131 cm³/mol. The molecule has 2 unspecified atom stereocenters. The number of likely N-dealkylation sites (tertiary alicyclic amines) is 2. The van der Waals surface area contributed by atoms with E-state index in [1.807, 2.05) is 10.9 Å². The minimum Gasteiger partial charge on any atom is -0.426 e. The summed E-state index contributed by atoms with van der Waals surface area (Å²) in [5.74, 6) is -0.127. The predicted octanol–water partition coefficient (Wildman–Crippen LogP) is 5.16. The van der Waals surface area contributed by atoms with Crippen molar-refractivity contribution in [2.75, 3.05) is 44.2 Å². The topological polar surface area (TPSA) is 53.8 Å². The van der Waals surface area contributed by atoms with Crippen molar-refractivity contribution < 1.29 is 35.9 Å². The number of benzene rings is 1. The minimum atomic E-state index is -5.73. The molecule has 4 heterocycles. The summed E-state index contributed by atoms with van der Waals surface area (Å²) < 4.78 is 82.3. The normalized spacial score (nSPS) is 22.3. The van der Waals surface area contributed by atoms with E-state index in [1.165, 1.54) is 18.5 Å². The Kier molecular flexibility index (Phi) is 7.47. The molecule has 3 aliphatic heterocycles. The van der Waals surface area contributed by atoms with Gasteiger partial charge in [0.05, 0.1) is 12.4 Å². The Morgan fingerprint density at radius 2 is 1.56 bits per heavy atom. The van der Waals surface area contributed by atoms with Crippen LogP contribution < -0.4 is 4.90 Å². The molecule has 0 bridgehead atoms. The molecule has 0 saturated carbocycles. The highest BCUT2D eigenvalue weighted by molar-refractivity contribution is 5.68. The fourth-order valence-electron chi connectivity index (χ4n) is 5.90. The summed E-state index contributed by atoms with van der Waals surface area (Å²) in [4.78, 5) is 17.6. The highest BCUT2D eigenvalue weighted by Gasteiger charge is 2.60. The average molecular weight is 560 g/mol. The lowest BCUT2D eigenvalue weighted by atomic mass is 10.0. The first-order valence-corrected chi connectivity index (χ1v) is 13.2. The van der Waals surface area contributed by atoms with Crippen molar-refractivity contribution in [3.05, 3.63) is 36.0 Å². The Balaban J connectivity index is 1.18. The van der Waals surface area contributed by atoms with Crippen molar-refractivity contribution in [1.82, 2.24) is 19.6 Å². The smallest absolute Gasteiger partial charge is 0.426 e. The zero-order chi connectivity index (χ0) is 27.9. The van der Waals surface area contributed by atoms with Crippen LogP contribution in [0.2, 0.25) is 0 Å². The van der Waals surface area contributed by atoms with Crippen LogP contribution in [0.1, 0.15) is 25.3 Å². The van der Waals surface area contributed by atoms with Gasteiger partial charge in [-0.05, 0) is 48.8 Å². The first-order valence-electron chi connectivity index (χ1n) is 13.2. The number of carbonyl (C=O) groups is 1. The van der Waals surface area contributed by atoms with E-state index in [0.717, 1.165) is 41.2 Å². The van der Waals surface area contributed by atoms with Gasteiger partial charge in [-0.3, -0.25) is 9.58 Å². The molecule has 214 valence electrons. The number of hydrogen-bond acceptors (Lipinski definition) is 5. The number of hydrogen-bond donors (Lipinski definition) is 0. The van der Waals surface area contributed by atoms with Crippen LogP contribution in [0.15, 0.2) is 30.5 Å².